The molecule has 4 rings (SSSR count). The lowest BCUT2D eigenvalue weighted by Crippen LogP contribution is -2.37. The van der Waals surface area contributed by atoms with Gasteiger partial charge >= 0.3 is 0 Å². The monoisotopic (exact) mass is 511 g/mol. The van der Waals surface area contributed by atoms with Crippen LogP contribution in [0.3, 0.4) is 0 Å². The summed E-state index contributed by atoms with van der Waals surface area (Å²) in [5.41, 5.74) is 4.13. The van der Waals surface area contributed by atoms with Crippen molar-refractivity contribution in [3.05, 3.63) is 70.9 Å². The van der Waals surface area contributed by atoms with E-state index in [4.69, 9.17) is 0 Å². The molecule has 2 aliphatic rings. The van der Waals surface area contributed by atoms with Crippen molar-refractivity contribution in [2.24, 2.45) is 4.99 Å². The minimum Gasteiger partial charge on any atom is -0.352 e. The van der Waals surface area contributed by atoms with E-state index in [9.17, 15) is 18.0 Å². The average Bonchev–Trinajstić information content (AvgIpc) is 3.31. The van der Waals surface area contributed by atoms with E-state index in [0.29, 0.717) is 28.9 Å². The lowest BCUT2D eigenvalue weighted by atomic mass is 10.0. The molecule has 1 saturated heterocycles. The Hall–Kier alpha value is -2.91. The van der Waals surface area contributed by atoms with Gasteiger partial charge in [-0.05, 0) is 48.6 Å². The standard InChI is InChI=1S/C26H29N3O4S2/c1-17(2)20-8-6-19(7-9-20)14-23-25(31)29(22-10-4-18(3)5-11-22)26(28-23)34-15-24(30)27-21-12-13-35(32,33)16-21/h4-11,14,17,21H,12-13,15-16H2,1-3H3,(H,27,30). The molecule has 2 heterocycles. The van der Waals surface area contributed by atoms with Gasteiger partial charge in [0.15, 0.2) is 15.0 Å². The zero-order valence-corrected chi connectivity index (χ0v) is 21.7. The minimum atomic E-state index is -3.08. The molecule has 1 unspecified atom stereocenters. The van der Waals surface area contributed by atoms with Gasteiger partial charge in [-0.2, -0.15) is 0 Å². The van der Waals surface area contributed by atoms with E-state index in [2.05, 4.69) is 24.2 Å². The molecule has 7 nitrogen and oxygen atoms in total. The number of hydrogen-bond donors (Lipinski definition) is 1. The molecular formula is C26H29N3O4S2. The molecule has 1 fully saturated rings. The molecule has 184 valence electrons. The lowest BCUT2D eigenvalue weighted by molar-refractivity contribution is -0.119. The van der Waals surface area contributed by atoms with Gasteiger partial charge < -0.3 is 5.32 Å². The number of amides is 2. The number of aryl methyl sites for hydroxylation is 1. The van der Waals surface area contributed by atoms with Crippen molar-refractivity contribution in [2.45, 2.75) is 39.2 Å². The maximum absolute atomic E-state index is 13.3. The Morgan fingerprint density at radius 1 is 1.17 bits per heavy atom. The van der Waals surface area contributed by atoms with Crippen molar-refractivity contribution in [2.75, 3.05) is 22.2 Å². The highest BCUT2D eigenvalue weighted by Crippen LogP contribution is 2.30. The van der Waals surface area contributed by atoms with Gasteiger partial charge in [0.25, 0.3) is 5.91 Å². The molecule has 0 aliphatic carbocycles. The maximum atomic E-state index is 13.3. The number of rotatable bonds is 6. The van der Waals surface area contributed by atoms with Crippen LogP contribution in [0.25, 0.3) is 6.08 Å². The number of hydrogen-bond acceptors (Lipinski definition) is 6. The van der Waals surface area contributed by atoms with Crippen LogP contribution in [0.15, 0.2) is 59.2 Å². The summed E-state index contributed by atoms with van der Waals surface area (Å²) in [6.07, 6.45) is 2.18. The topological polar surface area (TPSA) is 95.9 Å². The minimum absolute atomic E-state index is 0.0270. The normalized spacial score (nSPS) is 20.5. The highest BCUT2D eigenvalue weighted by Gasteiger charge is 2.33. The van der Waals surface area contributed by atoms with Crippen LogP contribution < -0.4 is 10.2 Å². The Labute approximate surface area is 210 Å². The van der Waals surface area contributed by atoms with E-state index in [-0.39, 0.29) is 35.1 Å². The maximum Gasteiger partial charge on any atom is 0.283 e. The fourth-order valence-corrected chi connectivity index (χ4v) is 6.46. The van der Waals surface area contributed by atoms with Gasteiger partial charge in [0.05, 0.1) is 22.9 Å². The van der Waals surface area contributed by atoms with Crippen LogP contribution in [0.4, 0.5) is 5.69 Å². The first-order chi connectivity index (χ1) is 16.6. The summed E-state index contributed by atoms with van der Waals surface area (Å²) in [6.45, 7) is 6.23. The first-order valence-electron chi connectivity index (χ1n) is 11.6. The van der Waals surface area contributed by atoms with Crippen LogP contribution in [-0.2, 0) is 19.4 Å². The van der Waals surface area contributed by atoms with Crippen molar-refractivity contribution < 1.29 is 18.0 Å². The van der Waals surface area contributed by atoms with Crippen molar-refractivity contribution in [3.63, 3.8) is 0 Å². The molecule has 1 atom stereocenters. The molecule has 1 N–H and O–H groups in total. The first-order valence-corrected chi connectivity index (χ1v) is 14.4. The molecule has 35 heavy (non-hydrogen) atoms. The number of nitrogens with one attached hydrogen (secondary N) is 1. The van der Waals surface area contributed by atoms with Crippen molar-refractivity contribution in [3.8, 4) is 0 Å². The molecule has 0 spiro atoms. The third-order valence-corrected chi connectivity index (χ3v) is 8.66. The third kappa shape index (κ3) is 6.21. The second kappa shape index (κ2) is 10.4. The molecule has 2 aromatic rings. The summed E-state index contributed by atoms with van der Waals surface area (Å²) in [6, 6.07) is 15.2. The van der Waals surface area contributed by atoms with Crippen LogP contribution >= 0.6 is 11.8 Å². The van der Waals surface area contributed by atoms with E-state index in [1.807, 2.05) is 55.5 Å². The zero-order valence-electron chi connectivity index (χ0n) is 20.0. The molecule has 0 aromatic heterocycles. The number of thioether (sulfide) groups is 1. The summed E-state index contributed by atoms with van der Waals surface area (Å²) in [4.78, 5) is 31.9. The van der Waals surface area contributed by atoms with E-state index >= 15 is 0 Å². The van der Waals surface area contributed by atoms with Gasteiger partial charge in [0.1, 0.15) is 5.70 Å². The fraction of sp³-hybridized carbons (Fsp3) is 0.346. The largest absolute Gasteiger partial charge is 0.352 e. The molecule has 0 bridgehead atoms. The lowest BCUT2D eigenvalue weighted by Gasteiger charge is -2.18. The van der Waals surface area contributed by atoms with Crippen molar-refractivity contribution >= 4 is 50.3 Å². The van der Waals surface area contributed by atoms with Crippen LogP contribution in [0.1, 0.15) is 42.9 Å². The molecule has 2 aliphatic heterocycles. The summed E-state index contributed by atoms with van der Waals surface area (Å²) in [5, 5.41) is 3.20. The smallest absolute Gasteiger partial charge is 0.283 e. The van der Waals surface area contributed by atoms with Crippen LogP contribution in [0.5, 0.6) is 0 Å². The third-order valence-electron chi connectivity index (χ3n) is 5.96. The Bertz CT molecular complexity index is 1280. The van der Waals surface area contributed by atoms with Crippen molar-refractivity contribution in [1.29, 1.82) is 0 Å². The van der Waals surface area contributed by atoms with Gasteiger partial charge in [-0.3, -0.25) is 14.5 Å². The highest BCUT2D eigenvalue weighted by atomic mass is 32.2. The molecule has 2 aromatic carbocycles. The number of nitrogens with zero attached hydrogens (tertiary/aromatic N) is 2. The predicted molar refractivity (Wildman–Crippen MR) is 142 cm³/mol. The quantitative estimate of drug-likeness (QED) is 0.594. The van der Waals surface area contributed by atoms with E-state index < -0.39 is 9.84 Å². The van der Waals surface area contributed by atoms with Crippen molar-refractivity contribution in [1.82, 2.24) is 5.32 Å². The predicted octanol–water partition coefficient (Wildman–Crippen LogP) is 3.90. The number of carbonyl (C=O) groups is 2. The number of amidine groups is 1. The number of anilines is 1. The number of sulfone groups is 1. The average molecular weight is 512 g/mol. The van der Waals surface area contributed by atoms with Gasteiger partial charge in [0.2, 0.25) is 5.91 Å². The van der Waals surface area contributed by atoms with E-state index in [1.54, 1.807) is 6.08 Å². The first kappa shape index (κ1) is 25.2. The number of benzene rings is 2. The van der Waals surface area contributed by atoms with Gasteiger partial charge in [-0.1, -0.05) is 67.6 Å². The Morgan fingerprint density at radius 3 is 2.46 bits per heavy atom. The highest BCUT2D eigenvalue weighted by molar-refractivity contribution is 8.14. The van der Waals surface area contributed by atoms with E-state index in [0.717, 1.165) is 22.9 Å². The number of carbonyl (C=O) groups excluding carboxylic acids is 2. The summed E-state index contributed by atoms with van der Waals surface area (Å²) in [5.74, 6) is -0.0232. The molecule has 2 amide bonds. The van der Waals surface area contributed by atoms with Gasteiger partial charge in [0, 0.05) is 6.04 Å². The second-order valence-corrected chi connectivity index (χ2v) is 12.3. The van der Waals surface area contributed by atoms with E-state index in [1.165, 1.54) is 10.5 Å². The van der Waals surface area contributed by atoms with Crippen LogP contribution in [-0.4, -0.2) is 48.7 Å². The van der Waals surface area contributed by atoms with Gasteiger partial charge in [-0.25, -0.2) is 13.4 Å². The Kier molecular flexibility index (Phi) is 7.47. The fourth-order valence-electron chi connectivity index (χ4n) is 3.96. The molecular weight excluding hydrogens is 482 g/mol. The Morgan fingerprint density at radius 2 is 1.86 bits per heavy atom. The van der Waals surface area contributed by atoms with Gasteiger partial charge in [-0.15, -0.1) is 0 Å². The SMILES string of the molecule is Cc1ccc(N2C(=O)C(=Cc3ccc(C(C)C)cc3)N=C2SCC(=O)NC2CCS(=O)(=O)C2)cc1. The van der Waals surface area contributed by atoms with Crippen LogP contribution in [0, 0.1) is 6.92 Å². The molecule has 0 saturated carbocycles. The second-order valence-electron chi connectivity index (χ2n) is 9.18. The zero-order chi connectivity index (χ0) is 25.2. The number of aliphatic imine (C=N–C) groups is 1. The Balaban J connectivity index is 1.53. The summed E-state index contributed by atoms with van der Waals surface area (Å²) in [7, 11) is -3.08. The summed E-state index contributed by atoms with van der Waals surface area (Å²) < 4.78 is 23.3. The van der Waals surface area contributed by atoms with Crippen LogP contribution in [0.2, 0.25) is 0 Å². The summed E-state index contributed by atoms with van der Waals surface area (Å²) >= 11 is 1.16. The molecule has 0 radical (unpaired) electrons. The molecule has 9 heteroatoms.